The number of thiol groups is 2. The Hall–Kier alpha value is 1.05. The molecule has 0 saturated carbocycles. The van der Waals surface area contributed by atoms with E-state index in [0.717, 1.165) is 10.8 Å². The fraction of sp³-hybridized carbons (Fsp3) is 1.00. The summed E-state index contributed by atoms with van der Waals surface area (Å²) in [7, 11) is 0. The van der Waals surface area contributed by atoms with Gasteiger partial charge < -0.3 is 0 Å². The smallest absolute Gasteiger partial charge is 0.0364 e. The van der Waals surface area contributed by atoms with E-state index < -0.39 is 0 Å². The van der Waals surface area contributed by atoms with Crippen molar-refractivity contribution in [2.45, 2.75) is 12.2 Å². The van der Waals surface area contributed by atoms with Gasteiger partial charge in [-0.25, -0.2) is 0 Å². The van der Waals surface area contributed by atoms with Crippen molar-refractivity contribution in [3.05, 3.63) is 0 Å². The zero-order valence-electron chi connectivity index (χ0n) is 4.29. The zero-order chi connectivity index (χ0) is 5.70. The molecular weight excluding hydrogens is 144 g/mol. The molecule has 0 aliphatic rings. The third-order valence-corrected chi connectivity index (χ3v) is 2.74. The lowest BCUT2D eigenvalue weighted by Gasteiger charge is -2.01. The highest BCUT2D eigenvalue weighted by atomic mass is 32.2. The summed E-state index contributed by atoms with van der Waals surface area (Å²) in [5.74, 6) is 0.950. The van der Waals surface area contributed by atoms with Gasteiger partial charge in [0.05, 0.1) is 0 Å². The minimum Gasteiger partial charge on any atom is -0.178 e. The van der Waals surface area contributed by atoms with E-state index in [1.165, 1.54) is 0 Å². The third-order valence-electron chi connectivity index (χ3n) is 0.616. The van der Waals surface area contributed by atoms with Gasteiger partial charge in [-0.15, -0.1) is 11.8 Å². The van der Waals surface area contributed by atoms with Gasteiger partial charge in [0, 0.05) is 16.1 Å². The third kappa shape index (κ3) is 4.91. The summed E-state index contributed by atoms with van der Waals surface area (Å²) in [5, 5.41) is 1.56. The van der Waals surface area contributed by atoms with Crippen LogP contribution in [0.1, 0.15) is 6.92 Å². The van der Waals surface area contributed by atoms with Gasteiger partial charge in [0.2, 0.25) is 0 Å². The molecule has 0 rings (SSSR count). The maximum Gasteiger partial charge on any atom is 0.0364 e. The lowest BCUT2D eigenvalue weighted by atomic mass is 10.6. The van der Waals surface area contributed by atoms with Crippen LogP contribution in [-0.2, 0) is 0 Å². The number of hydrogen-bond donors (Lipinski definition) is 2. The number of hydrogen-bond acceptors (Lipinski definition) is 3. The first kappa shape index (κ1) is 8.05. The van der Waals surface area contributed by atoms with E-state index in [1.54, 1.807) is 0 Å². The minimum atomic E-state index is 0.654. The largest absolute Gasteiger partial charge is 0.178 e. The quantitative estimate of drug-likeness (QED) is 0.463. The van der Waals surface area contributed by atoms with Crippen molar-refractivity contribution in [1.82, 2.24) is 0 Å². The number of thioether (sulfide) groups is 1. The summed E-state index contributed by atoms with van der Waals surface area (Å²) >= 11 is 9.96. The van der Waals surface area contributed by atoms with Crippen LogP contribution in [0.15, 0.2) is 0 Å². The van der Waals surface area contributed by atoms with Crippen LogP contribution in [0, 0.1) is 0 Å². The van der Waals surface area contributed by atoms with Crippen LogP contribution in [0.4, 0.5) is 0 Å². The molecule has 0 aliphatic heterocycles. The Bertz CT molecular complexity index is 37.9. The topological polar surface area (TPSA) is 0 Å². The average molecular weight is 154 g/mol. The van der Waals surface area contributed by atoms with Crippen LogP contribution in [0.5, 0.6) is 0 Å². The predicted octanol–water partition coefficient (Wildman–Crippen LogP) is 1.93. The van der Waals surface area contributed by atoms with E-state index in [4.69, 9.17) is 0 Å². The predicted molar refractivity (Wildman–Crippen MR) is 44.8 cm³/mol. The SMILES string of the molecule is CC(CS)SCS. The van der Waals surface area contributed by atoms with E-state index in [2.05, 4.69) is 32.2 Å². The molecule has 0 nitrogen and oxygen atoms in total. The van der Waals surface area contributed by atoms with Gasteiger partial charge >= 0.3 is 0 Å². The molecule has 0 aliphatic carbocycles. The Kier molecular flexibility index (Phi) is 5.97. The van der Waals surface area contributed by atoms with E-state index in [-0.39, 0.29) is 0 Å². The molecule has 0 amide bonds. The monoisotopic (exact) mass is 154 g/mol. The molecule has 3 heteroatoms. The molecule has 0 spiro atoms. The summed E-state index contributed by atoms with van der Waals surface area (Å²) < 4.78 is 0. The summed E-state index contributed by atoms with van der Waals surface area (Å²) in [4.78, 5) is 0. The fourth-order valence-electron chi connectivity index (χ4n) is 0.180. The van der Waals surface area contributed by atoms with E-state index >= 15 is 0 Å². The Morgan fingerprint density at radius 3 is 2.29 bits per heavy atom. The molecule has 0 N–H and O–H groups in total. The Balaban J connectivity index is 2.83. The molecular formula is C4H10S3. The maximum atomic E-state index is 4.09. The zero-order valence-corrected chi connectivity index (χ0v) is 6.90. The van der Waals surface area contributed by atoms with Crippen molar-refractivity contribution in [3.63, 3.8) is 0 Å². The Morgan fingerprint density at radius 1 is 1.57 bits per heavy atom. The molecule has 1 unspecified atom stereocenters. The second kappa shape index (κ2) is 5.19. The molecule has 0 saturated heterocycles. The first-order valence-corrected chi connectivity index (χ1v) is 4.46. The van der Waals surface area contributed by atoms with Crippen LogP contribution in [0.25, 0.3) is 0 Å². The van der Waals surface area contributed by atoms with E-state index in [1.807, 2.05) is 11.8 Å². The van der Waals surface area contributed by atoms with Crippen molar-refractivity contribution in [1.29, 1.82) is 0 Å². The molecule has 0 fully saturated rings. The second-order valence-electron chi connectivity index (χ2n) is 1.29. The fourth-order valence-corrected chi connectivity index (χ4v) is 1.62. The lowest BCUT2D eigenvalue weighted by Crippen LogP contribution is -1.95. The average Bonchev–Trinajstić information content (AvgIpc) is 1.68. The normalized spacial score (nSPS) is 14.1. The van der Waals surface area contributed by atoms with Crippen molar-refractivity contribution in [3.8, 4) is 0 Å². The van der Waals surface area contributed by atoms with E-state index in [0.29, 0.717) is 5.25 Å². The molecule has 7 heavy (non-hydrogen) atoms. The van der Waals surface area contributed by atoms with Crippen LogP contribution in [-0.4, -0.2) is 16.1 Å². The molecule has 0 aromatic carbocycles. The highest BCUT2D eigenvalue weighted by Gasteiger charge is 1.93. The molecule has 0 aromatic heterocycles. The van der Waals surface area contributed by atoms with Gasteiger partial charge in [-0.1, -0.05) is 6.92 Å². The molecule has 1 atom stereocenters. The molecule has 44 valence electrons. The standard InChI is InChI=1S/C4H10S3/c1-4(2-5)7-3-6/h4-6H,2-3H2,1H3. The highest BCUT2D eigenvalue weighted by Crippen LogP contribution is 2.11. The van der Waals surface area contributed by atoms with Gasteiger partial charge in [0.15, 0.2) is 0 Å². The van der Waals surface area contributed by atoms with Crippen molar-refractivity contribution in [2.75, 3.05) is 10.8 Å². The summed E-state index contributed by atoms with van der Waals surface area (Å²) in [6.45, 7) is 2.15. The maximum absolute atomic E-state index is 4.09. The minimum absolute atomic E-state index is 0.654. The Morgan fingerprint density at radius 2 is 2.14 bits per heavy atom. The van der Waals surface area contributed by atoms with Gasteiger partial charge in [0.1, 0.15) is 0 Å². The van der Waals surface area contributed by atoms with Crippen molar-refractivity contribution >= 4 is 37.0 Å². The van der Waals surface area contributed by atoms with Crippen molar-refractivity contribution < 1.29 is 0 Å². The van der Waals surface area contributed by atoms with Crippen molar-refractivity contribution in [2.24, 2.45) is 0 Å². The van der Waals surface area contributed by atoms with E-state index in [9.17, 15) is 0 Å². The van der Waals surface area contributed by atoms with Crippen LogP contribution in [0.2, 0.25) is 0 Å². The Labute approximate surface area is 60.3 Å². The van der Waals surface area contributed by atoms with Gasteiger partial charge in [-0.05, 0) is 0 Å². The second-order valence-corrected chi connectivity index (χ2v) is 3.82. The summed E-state index contributed by atoms with van der Waals surface area (Å²) in [6, 6.07) is 0. The lowest BCUT2D eigenvalue weighted by molar-refractivity contribution is 1.14. The van der Waals surface area contributed by atoms with Gasteiger partial charge in [-0.3, -0.25) is 0 Å². The molecule has 0 bridgehead atoms. The van der Waals surface area contributed by atoms with Crippen LogP contribution in [0.3, 0.4) is 0 Å². The van der Waals surface area contributed by atoms with Gasteiger partial charge in [-0.2, -0.15) is 25.3 Å². The molecule has 0 heterocycles. The molecule has 0 radical (unpaired) electrons. The highest BCUT2D eigenvalue weighted by molar-refractivity contribution is 8.10. The van der Waals surface area contributed by atoms with Crippen LogP contribution >= 0.6 is 37.0 Å². The number of rotatable bonds is 3. The first-order valence-electron chi connectivity index (χ1n) is 2.14. The summed E-state index contributed by atoms with van der Waals surface area (Å²) in [5.41, 5.74) is 0. The summed E-state index contributed by atoms with van der Waals surface area (Å²) in [6.07, 6.45) is 0. The van der Waals surface area contributed by atoms with Crippen LogP contribution < -0.4 is 0 Å². The molecule has 0 aromatic rings. The first-order chi connectivity index (χ1) is 3.31. The van der Waals surface area contributed by atoms with Gasteiger partial charge in [0.25, 0.3) is 0 Å².